The highest BCUT2D eigenvalue weighted by Crippen LogP contribution is 2.23. The molecule has 1 aromatic rings. The third-order valence-corrected chi connectivity index (χ3v) is 5.04. The monoisotopic (exact) mass is 299 g/mol. The van der Waals surface area contributed by atoms with Crippen LogP contribution in [0.15, 0.2) is 29.2 Å². The van der Waals surface area contributed by atoms with Gasteiger partial charge in [-0.1, -0.05) is 6.07 Å². The summed E-state index contributed by atoms with van der Waals surface area (Å²) in [4.78, 5) is 21.4. The lowest BCUT2D eigenvalue weighted by Crippen LogP contribution is -2.55. The van der Waals surface area contributed by atoms with Gasteiger partial charge in [0.15, 0.2) is 0 Å². The van der Waals surface area contributed by atoms with E-state index in [2.05, 4.69) is 5.32 Å². The number of hydrogen-bond acceptors (Lipinski definition) is 5. The molecule has 0 aromatic heterocycles. The average molecular weight is 299 g/mol. The molecule has 1 aromatic carbocycles. The molecule has 0 saturated carbocycles. The standard InChI is InChI=1S/C11H13N3O5S/c1-8-11(15)12-5-6-13(8)20(18,19)10-4-2-3-9(7-10)14(16)17/h2-4,7-8H,5-6H2,1H3,(H,12,15). The zero-order chi connectivity index (χ0) is 14.9. The minimum absolute atomic E-state index is 0.137. The first-order valence-electron chi connectivity index (χ1n) is 5.88. The van der Waals surface area contributed by atoms with Crippen molar-refractivity contribution in [3.05, 3.63) is 34.4 Å². The predicted octanol–water partition coefficient (Wildman–Crippen LogP) is 0.104. The van der Waals surface area contributed by atoms with Crippen molar-refractivity contribution < 1.29 is 18.1 Å². The molecule has 1 saturated heterocycles. The third-order valence-electron chi connectivity index (χ3n) is 3.08. The lowest BCUT2D eigenvalue weighted by molar-refractivity contribution is -0.385. The first-order valence-corrected chi connectivity index (χ1v) is 7.32. The molecule has 1 heterocycles. The number of piperazine rings is 1. The van der Waals surface area contributed by atoms with Crippen LogP contribution in [0, 0.1) is 10.1 Å². The molecule has 2 rings (SSSR count). The van der Waals surface area contributed by atoms with Gasteiger partial charge in [0.25, 0.3) is 5.69 Å². The van der Waals surface area contributed by atoms with E-state index in [-0.39, 0.29) is 29.6 Å². The maximum absolute atomic E-state index is 12.4. The van der Waals surface area contributed by atoms with Crippen LogP contribution < -0.4 is 5.32 Å². The first kappa shape index (κ1) is 14.4. The van der Waals surface area contributed by atoms with Gasteiger partial charge in [0.05, 0.1) is 9.82 Å². The number of benzene rings is 1. The van der Waals surface area contributed by atoms with Crippen LogP contribution in [0.1, 0.15) is 6.92 Å². The van der Waals surface area contributed by atoms with Crippen LogP contribution in [0.4, 0.5) is 5.69 Å². The SMILES string of the molecule is CC1C(=O)NCCN1S(=O)(=O)c1cccc([N+](=O)[O-])c1. The van der Waals surface area contributed by atoms with E-state index in [1.165, 1.54) is 25.1 Å². The van der Waals surface area contributed by atoms with Crippen LogP contribution in [-0.2, 0) is 14.8 Å². The van der Waals surface area contributed by atoms with Gasteiger partial charge in [-0.15, -0.1) is 0 Å². The summed E-state index contributed by atoms with van der Waals surface area (Å²) in [5.41, 5.74) is -0.305. The van der Waals surface area contributed by atoms with E-state index in [9.17, 15) is 23.3 Å². The summed E-state index contributed by atoms with van der Waals surface area (Å²) >= 11 is 0. The number of nitrogens with zero attached hydrogens (tertiary/aromatic N) is 2. The minimum atomic E-state index is -3.93. The minimum Gasteiger partial charge on any atom is -0.353 e. The highest BCUT2D eigenvalue weighted by Gasteiger charge is 2.35. The quantitative estimate of drug-likeness (QED) is 0.629. The molecule has 1 fully saturated rings. The van der Waals surface area contributed by atoms with Gasteiger partial charge in [-0.2, -0.15) is 4.31 Å². The number of carbonyl (C=O) groups is 1. The number of nitrogens with one attached hydrogen (secondary N) is 1. The van der Waals surface area contributed by atoms with E-state index >= 15 is 0 Å². The summed E-state index contributed by atoms with van der Waals surface area (Å²) in [5.74, 6) is -0.384. The van der Waals surface area contributed by atoms with Crippen molar-refractivity contribution in [2.24, 2.45) is 0 Å². The molecule has 0 spiro atoms. The maximum Gasteiger partial charge on any atom is 0.270 e. The van der Waals surface area contributed by atoms with Crippen LogP contribution in [0.5, 0.6) is 0 Å². The predicted molar refractivity (Wildman–Crippen MR) is 69.5 cm³/mol. The van der Waals surface area contributed by atoms with Gasteiger partial charge in [0, 0.05) is 25.2 Å². The van der Waals surface area contributed by atoms with Crippen molar-refractivity contribution in [2.75, 3.05) is 13.1 Å². The number of carbonyl (C=O) groups excluding carboxylic acids is 1. The lowest BCUT2D eigenvalue weighted by Gasteiger charge is -2.31. The van der Waals surface area contributed by atoms with Gasteiger partial charge in [0.2, 0.25) is 15.9 Å². The van der Waals surface area contributed by atoms with Crippen LogP contribution in [0.2, 0.25) is 0 Å². The molecule has 1 amide bonds. The molecule has 9 heteroatoms. The number of non-ortho nitro benzene ring substituents is 1. The number of nitro benzene ring substituents is 1. The number of nitro groups is 1. The Kier molecular flexibility index (Phi) is 3.73. The van der Waals surface area contributed by atoms with Crippen molar-refractivity contribution in [2.45, 2.75) is 17.9 Å². The van der Waals surface area contributed by atoms with E-state index in [1.807, 2.05) is 0 Å². The Morgan fingerprint density at radius 1 is 1.45 bits per heavy atom. The highest BCUT2D eigenvalue weighted by atomic mass is 32.2. The molecule has 1 atom stereocenters. The molecule has 1 N–H and O–H groups in total. The Bertz CT molecular complexity index is 658. The van der Waals surface area contributed by atoms with Crippen LogP contribution in [-0.4, -0.2) is 42.7 Å². The van der Waals surface area contributed by atoms with Crippen molar-refractivity contribution in [3.8, 4) is 0 Å². The molecule has 1 unspecified atom stereocenters. The summed E-state index contributed by atoms with van der Waals surface area (Å²) in [6.45, 7) is 1.83. The van der Waals surface area contributed by atoms with Crippen molar-refractivity contribution in [1.29, 1.82) is 0 Å². The van der Waals surface area contributed by atoms with Gasteiger partial charge in [-0.3, -0.25) is 14.9 Å². The molecule has 8 nitrogen and oxygen atoms in total. The maximum atomic E-state index is 12.4. The topological polar surface area (TPSA) is 110 Å². The van der Waals surface area contributed by atoms with Crippen molar-refractivity contribution in [1.82, 2.24) is 9.62 Å². The zero-order valence-corrected chi connectivity index (χ0v) is 11.5. The number of sulfonamides is 1. The summed E-state index contributed by atoms with van der Waals surface area (Å²) in [6.07, 6.45) is 0. The lowest BCUT2D eigenvalue weighted by atomic mass is 10.2. The number of amides is 1. The largest absolute Gasteiger partial charge is 0.353 e. The second-order valence-electron chi connectivity index (χ2n) is 4.34. The van der Waals surface area contributed by atoms with Gasteiger partial charge in [-0.05, 0) is 13.0 Å². The molecule has 1 aliphatic rings. The Morgan fingerprint density at radius 3 is 2.80 bits per heavy atom. The number of hydrogen-bond donors (Lipinski definition) is 1. The summed E-state index contributed by atoms with van der Waals surface area (Å²) < 4.78 is 25.9. The summed E-state index contributed by atoms with van der Waals surface area (Å²) in [7, 11) is -3.93. The van der Waals surface area contributed by atoms with Crippen LogP contribution >= 0.6 is 0 Å². The molecule has 0 aliphatic carbocycles. The van der Waals surface area contributed by atoms with E-state index in [0.29, 0.717) is 0 Å². The van der Waals surface area contributed by atoms with Crippen LogP contribution in [0.3, 0.4) is 0 Å². The van der Waals surface area contributed by atoms with Gasteiger partial charge >= 0.3 is 0 Å². The van der Waals surface area contributed by atoms with Gasteiger partial charge in [0.1, 0.15) is 6.04 Å². The zero-order valence-electron chi connectivity index (χ0n) is 10.6. The van der Waals surface area contributed by atoms with Gasteiger partial charge in [-0.25, -0.2) is 8.42 Å². The Morgan fingerprint density at radius 2 is 2.15 bits per heavy atom. The fraction of sp³-hybridized carbons (Fsp3) is 0.364. The van der Waals surface area contributed by atoms with E-state index in [4.69, 9.17) is 0 Å². The van der Waals surface area contributed by atoms with Crippen molar-refractivity contribution >= 4 is 21.6 Å². The molecular weight excluding hydrogens is 286 g/mol. The van der Waals surface area contributed by atoms with E-state index in [1.54, 1.807) is 0 Å². The fourth-order valence-electron chi connectivity index (χ4n) is 1.98. The second-order valence-corrected chi connectivity index (χ2v) is 6.23. The first-order chi connectivity index (χ1) is 9.34. The normalized spacial score (nSPS) is 20.4. The van der Waals surface area contributed by atoms with E-state index < -0.39 is 21.0 Å². The molecule has 0 radical (unpaired) electrons. The summed E-state index contributed by atoms with van der Waals surface area (Å²) in [5, 5.41) is 13.3. The Labute approximate surface area is 115 Å². The average Bonchev–Trinajstić information content (AvgIpc) is 2.41. The molecule has 0 bridgehead atoms. The molecular formula is C11H13N3O5S. The Hall–Kier alpha value is -2.00. The Balaban J connectivity index is 2.42. The molecule has 20 heavy (non-hydrogen) atoms. The second kappa shape index (κ2) is 5.17. The number of rotatable bonds is 3. The highest BCUT2D eigenvalue weighted by molar-refractivity contribution is 7.89. The van der Waals surface area contributed by atoms with E-state index in [0.717, 1.165) is 10.4 Å². The molecule has 108 valence electrons. The third kappa shape index (κ3) is 2.49. The van der Waals surface area contributed by atoms with Gasteiger partial charge < -0.3 is 5.32 Å². The van der Waals surface area contributed by atoms with Crippen molar-refractivity contribution in [3.63, 3.8) is 0 Å². The summed E-state index contributed by atoms with van der Waals surface area (Å²) in [6, 6.07) is 3.95. The smallest absolute Gasteiger partial charge is 0.270 e. The van der Waals surface area contributed by atoms with Crippen LogP contribution in [0.25, 0.3) is 0 Å². The molecule has 1 aliphatic heterocycles. The fourth-order valence-corrected chi connectivity index (χ4v) is 3.62.